The Morgan fingerprint density at radius 3 is 2.04 bits per heavy atom. The number of amides is 2. The molecule has 126 valence electrons. The summed E-state index contributed by atoms with van der Waals surface area (Å²) in [6.07, 6.45) is 0. The summed E-state index contributed by atoms with van der Waals surface area (Å²) in [6.45, 7) is 0. The van der Waals surface area contributed by atoms with Gasteiger partial charge in [-0.2, -0.15) is 0 Å². The van der Waals surface area contributed by atoms with E-state index in [0.29, 0.717) is 16.8 Å². The summed E-state index contributed by atoms with van der Waals surface area (Å²) >= 11 is 0. The van der Waals surface area contributed by atoms with Crippen LogP contribution in [0, 0.1) is 5.82 Å². The van der Waals surface area contributed by atoms with E-state index in [2.05, 4.69) is 5.32 Å². The lowest BCUT2D eigenvalue weighted by atomic mass is 10.1. The van der Waals surface area contributed by atoms with Gasteiger partial charge in [0.1, 0.15) is 5.82 Å². The number of carbonyl (C=O) groups excluding carboxylic acids is 2. The molecule has 5 nitrogen and oxygen atoms in total. The number of nitrogens with zero attached hydrogens (tertiary/aromatic N) is 2. The number of rotatable bonds is 4. The molecular formula is C18H20FN3O2. The summed E-state index contributed by atoms with van der Waals surface area (Å²) in [6, 6.07) is 10.4. The van der Waals surface area contributed by atoms with Gasteiger partial charge < -0.3 is 15.1 Å². The predicted molar refractivity (Wildman–Crippen MR) is 93.1 cm³/mol. The Kier molecular flexibility index (Phi) is 5.18. The maximum Gasteiger partial charge on any atom is 0.255 e. The highest BCUT2D eigenvalue weighted by atomic mass is 19.1. The van der Waals surface area contributed by atoms with E-state index in [1.54, 1.807) is 32.3 Å². The van der Waals surface area contributed by atoms with Crippen molar-refractivity contribution in [2.24, 2.45) is 0 Å². The van der Waals surface area contributed by atoms with Gasteiger partial charge in [0, 0.05) is 39.3 Å². The minimum Gasteiger partial charge on any atom is -0.376 e. The second kappa shape index (κ2) is 7.12. The van der Waals surface area contributed by atoms with Gasteiger partial charge in [0.05, 0.1) is 11.4 Å². The first kappa shape index (κ1) is 17.5. The summed E-state index contributed by atoms with van der Waals surface area (Å²) in [5, 5.41) is 2.79. The van der Waals surface area contributed by atoms with Crippen LogP contribution in [0.4, 0.5) is 15.8 Å². The first-order valence-electron chi connectivity index (χ1n) is 7.39. The molecule has 0 fully saturated rings. The summed E-state index contributed by atoms with van der Waals surface area (Å²) < 4.78 is 13.0. The standard InChI is InChI=1S/C18H20FN3O2/c1-21(2)16-10-7-13(18(24)22(3)4)11-15(16)20-17(23)12-5-8-14(19)9-6-12/h5-11H,1-4H3,(H,20,23). The van der Waals surface area contributed by atoms with Crippen molar-refractivity contribution in [1.82, 2.24) is 4.90 Å². The molecule has 0 radical (unpaired) electrons. The summed E-state index contributed by atoms with van der Waals surface area (Å²) in [4.78, 5) is 27.8. The number of hydrogen-bond donors (Lipinski definition) is 1. The molecule has 24 heavy (non-hydrogen) atoms. The number of nitrogens with one attached hydrogen (secondary N) is 1. The summed E-state index contributed by atoms with van der Waals surface area (Å²) in [5.74, 6) is -0.927. The smallest absolute Gasteiger partial charge is 0.255 e. The van der Waals surface area contributed by atoms with Crippen molar-refractivity contribution >= 4 is 23.2 Å². The van der Waals surface area contributed by atoms with E-state index in [0.717, 1.165) is 5.69 Å². The molecule has 0 aliphatic carbocycles. The van der Waals surface area contributed by atoms with Crippen LogP contribution >= 0.6 is 0 Å². The van der Waals surface area contributed by atoms with Crippen molar-refractivity contribution in [2.45, 2.75) is 0 Å². The Hall–Kier alpha value is -2.89. The van der Waals surface area contributed by atoms with E-state index in [1.807, 2.05) is 19.0 Å². The van der Waals surface area contributed by atoms with Crippen molar-refractivity contribution in [3.63, 3.8) is 0 Å². The number of hydrogen-bond acceptors (Lipinski definition) is 3. The maximum atomic E-state index is 13.0. The minimum atomic E-state index is -0.404. The van der Waals surface area contributed by atoms with E-state index < -0.39 is 5.82 Å². The van der Waals surface area contributed by atoms with Gasteiger partial charge >= 0.3 is 0 Å². The molecule has 0 heterocycles. The molecule has 0 bridgehead atoms. The first-order valence-corrected chi connectivity index (χ1v) is 7.39. The normalized spacial score (nSPS) is 10.2. The van der Waals surface area contributed by atoms with Crippen LogP contribution in [0.1, 0.15) is 20.7 Å². The highest BCUT2D eigenvalue weighted by molar-refractivity contribution is 6.07. The van der Waals surface area contributed by atoms with Crippen LogP contribution in [0.5, 0.6) is 0 Å². The maximum absolute atomic E-state index is 13.0. The van der Waals surface area contributed by atoms with Crippen molar-refractivity contribution < 1.29 is 14.0 Å². The van der Waals surface area contributed by atoms with E-state index in [1.165, 1.54) is 29.2 Å². The lowest BCUT2D eigenvalue weighted by molar-refractivity contribution is 0.0827. The lowest BCUT2D eigenvalue weighted by Gasteiger charge is -2.20. The zero-order chi connectivity index (χ0) is 17.9. The topological polar surface area (TPSA) is 52.7 Å². The van der Waals surface area contributed by atoms with Gasteiger partial charge in [-0.1, -0.05) is 0 Å². The van der Waals surface area contributed by atoms with Crippen molar-refractivity contribution in [3.8, 4) is 0 Å². The third-order valence-electron chi connectivity index (χ3n) is 3.49. The third kappa shape index (κ3) is 3.90. The fourth-order valence-electron chi connectivity index (χ4n) is 2.21. The predicted octanol–water partition coefficient (Wildman–Crippen LogP) is 2.85. The van der Waals surface area contributed by atoms with Crippen molar-refractivity contribution in [1.29, 1.82) is 0 Å². The quantitative estimate of drug-likeness (QED) is 0.938. The highest BCUT2D eigenvalue weighted by Gasteiger charge is 2.15. The number of halogens is 1. The van der Waals surface area contributed by atoms with Gasteiger partial charge in [-0.15, -0.1) is 0 Å². The Morgan fingerprint density at radius 2 is 1.50 bits per heavy atom. The molecule has 0 atom stereocenters. The zero-order valence-electron chi connectivity index (χ0n) is 14.1. The zero-order valence-corrected chi connectivity index (χ0v) is 14.1. The molecule has 2 rings (SSSR count). The van der Waals surface area contributed by atoms with Crippen molar-refractivity contribution in [2.75, 3.05) is 38.4 Å². The van der Waals surface area contributed by atoms with Crippen LogP contribution in [-0.4, -0.2) is 44.9 Å². The monoisotopic (exact) mass is 329 g/mol. The Morgan fingerprint density at radius 1 is 0.917 bits per heavy atom. The fraction of sp³-hybridized carbons (Fsp3) is 0.222. The van der Waals surface area contributed by atoms with E-state index >= 15 is 0 Å². The molecule has 0 aliphatic heterocycles. The van der Waals surface area contributed by atoms with Gasteiger partial charge in [-0.05, 0) is 42.5 Å². The van der Waals surface area contributed by atoms with Gasteiger partial charge in [-0.3, -0.25) is 9.59 Å². The molecule has 0 aromatic heterocycles. The van der Waals surface area contributed by atoms with Gasteiger partial charge in [0.25, 0.3) is 11.8 Å². The van der Waals surface area contributed by atoms with Crippen LogP contribution in [0.25, 0.3) is 0 Å². The average Bonchev–Trinajstić information content (AvgIpc) is 2.54. The van der Waals surface area contributed by atoms with E-state index in [4.69, 9.17) is 0 Å². The van der Waals surface area contributed by atoms with Gasteiger partial charge in [0.2, 0.25) is 0 Å². The average molecular weight is 329 g/mol. The number of benzene rings is 2. The van der Waals surface area contributed by atoms with Gasteiger partial charge in [-0.25, -0.2) is 4.39 Å². The Labute approximate surface area is 140 Å². The Bertz CT molecular complexity index is 755. The van der Waals surface area contributed by atoms with Crippen LogP contribution in [0.15, 0.2) is 42.5 Å². The second-order valence-corrected chi connectivity index (χ2v) is 5.79. The molecule has 1 N–H and O–H groups in total. The molecule has 0 aliphatic rings. The van der Waals surface area contributed by atoms with Crippen LogP contribution in [-0.2, 0) is 0 Å². The molecule has 0 spiro atoms. The highest BCUT2D eigenvalue weighted by Crippen LogP contribution is 2.26. The minimum absolute atomic E-state index is 0.155. The molecular weight excluding hydrogens is 309 g/mol. The third-order valence-corrected chi connectivity index (χ3v) is 3.49. The van der Waals surface area contributed by atoms with Crippen molar-refractivity contribution in [3.05, 3.63) is 59.4 Å². The molecule has 0 saturated heterocycles. The SMILES string of the molecule is CN(C)C(=O)c1ccc(N(C)C)c(NC(=O)c2ccc(F)cc2)c1. The first-order chi connectivity index (χ1) is 11.3. The molecule has 0 unspecified atom stereocenters. The summed E-state index contributed by atoms with van der Waals surface area (Å²) in [5.41, 5.74) is 2.09. The number of anilines is 2. The molecule has 2 amide bonds. The Balaban J connectivity index is 2.35. The molecule has 0 saturated carbocycles. The lowest BCUT2D eigenvalue weighted by Crippen LogP contribution is -2.23. The van der Waals surface area contributed by atoms with Crippen LogP contribution in [0.2, 0.25) is 0 Å². The van der Waals surface area contributed by atoms with E-state index in [-0.39, 0.29) is 11.8 Å². The molecule has 2 aromatic rings. The van der Waals surface area contributed by atoms with E-state index in [9.17, 15) is 14.0 Å². The van der Waals surface area contributed by atoms with Crippen LogP contribution in [0.3, 0.4) is 0 Å². The fourth-order valence-corrected chi connectivity index (χ4v) is 2.21. The second-order valence-electron chi connectivity index (χ2n) is 5.79. The summed E-state index contributed by atoms with van der Waals surface area (Å²) in [7, 11) is 7.02. The number of carbonyl (C=O) groups is 2. The van der Waals surface area contributed by atoms with Crippen LogP contribution < -0.4 is 10.2 Å². The molecule has 2 aromatic carbocycles. The molecule has 6 heteroatoms. The largest absolute Gasteiger partial charge is 0.376 e. The van der Waals surface area contributed by atoms with Gasteiger partial charge in [0.15, 0.2) is 0 Å².